The smallest absolute Gasteiger partial charge is 0.303 e. The third kappa shape index (κ3) is 4.65. The fraction of sp³-hybridized carbons (Fsp3) is 0.292. The number of imidazole rings is 1. The van der Waals surface area contributed by atoms with E-state index >= 15 is 0 Å². The molecule has 0 aliphatic carbocycles. The monoisotopic (exact) mass is 435 g/mol. The molecule has 2 heterocycles. The van der Waals surface area contributed by atoms with E-state index in [-0.39, 0.29) is 13.2 Å². The molecule has 0 bridgehead atoms. The number of hydrogen-bond donors (Lipinski definition) is 1. The highest BCUT2D eigenvalue weighted by Gasteiger charge is 2.24. The summed E-state index contributed by atoms with van der Waals surface area (Å²) >= 11 is 0. The van der Waals surface area contributed by atoms with Crippen LogP contribution >= 0.6 is 0 Å². The summed E-state index contributed by atoms with van der Waals surface area (Å²) in [5, 5.41) is 23.9. The molecule has 4 aromatic rings. The molecular weight excluding hydrogens is 410 g/mol. The van der Waals surface area contributed by atoms with Gasteiger partial charge in [-0.25, -0.2) is 4.98 Å². The third-order valence-corrected chi connectivity index (χ3v) is 4.97. The highest BCUT2D eigenvalue weighted by molar-refractivity contribution is 6.01. The topological polar surface area (TPSA) is 101 Å². The van der Waals surface area contributed by atoms with Crippen molar-refractivity contribution in [2.45, 2.75) is 46.1 Å². The van der Waals surface area contributed by atoms with Crippen molar-refractivity contribution in [1.29, 1.82) is 0 Å². The van der Waals surface area contributed by atoms with Crippen LogP contribution in [0.1, 0.15) is 32.2 Å². The third-order valence-electron chi connectivity index (χ3n) is 4.97. The van der Waals surface area contributed by atoms with Gasteiger partial charge in [-0.15, -0.1) is 0 Å². The van der Waals surface area contributed by atoms with Gasteiger partial charge in [0, 0.05) is 6.92 Å². The van der Waals surface area contributed by atoms with Crippen molar-refractivity contribution >= 4 is 27.9 Å². The SMILES string of the molecule is CC(=O)OCc1nc2c[n+]([O-])c3cc(OCc4ccccc4)ccc3c2n1CC(C)(C)O. The van der Waals surface area contributed by atoms with Gasteiger partial charge in [-0.05, 0) is 31.5 Å². The number of fused-ring (bicyclic) bond motifs is 3. The first-order valence-electron chi connectivity index (χ1n) is 10.3. The van der Waals surface area contributed by atoms with Gasteiger partial charge in [0.2, 0.25) is 11.7 Å². The van der Waals surface area contributed by atoms with E-state index in [1.54, 1.807) is 30.5 Å². The van der Waals surface area contributed by atoms with Crippen LogP contribution < -0.4 is 9.47 Å². The number of ether oxygens (including phenoxy) is 2. The second-order valence-corrected chi connectivity index (χ2v) is 8.35. The maximum Gasteiger partial charge on any atom is 0.303 e. The number of hydrogen-bond acceptors (Lipinski definition) is 6. The first kappa shape index (κ1) is 21.6. The Labute approximate surface area is 185 Å². The molecule has 32 heavy (non-hydrogen) atoms. The van der Waals surface area contributed by atoms with Crippen molar-refractivity contribution in [2.24, 2.45) is 0 Å². The normalized spacial score (nSPS) is 11.8. The van der Waals surface area contributed by atoms with E-state index < -0.39 is 11.6 Å². The van der Waals surface area contributed by atoms with Gasteiger partial charge in [-0.3, -0.25) is 4.79 Å². The Balaban J connectivity index is 1.79. The molecule has 0 aliphatic heterocycles. The summed E-state index contributed by atoms with van der Waals surface area (Å²) in [6.07, 6.45) is 1.39. The number of aromatic nitrogens is 3. The molecule has 2 aromatic carbocycles. The minimum atomic E-state index is -1.05. The van der Waals surface area contributed by atoms with Crippen molar-refractivity contribution in [3.8, 4) is 5.75 Å². The molecule has 166 valence electrons. The van der Waals surface area contributed by atoms with Crippen LogP contribution in [0.3, 0.4) is 0 Å². The summed E-state index contributed by atoms with van der Waals surface area (Å²) in [5.74, 6) is 0.587. The molecule has 1 N–H and O–H groups in total. The van der Waals surface area contributed by atoms with E-state index in [0.717, 1.165) is 10.3 Å². The minimum absolute atomic E-state index is 0.0568. The van der Waals surface area contributed by atoms with Gasteiger partial charge in [0.1, 0.15) is 24.8 Å². The lowest BCUT2D eigenvalue weighted by Crippen LogP contribution is -2.28. The first-order valence-corrected chi connectivity index (χ1v) is 10.3. The summed E-state index contributed by atoms with van der Waals surface area (Å²) in [4.78, 5) is 15.8. The van der Waals surface area contributed by atoms with E-state index in [1.807, 2.05) is 36.4 Å². The van der Waals surface area contributed by atoms with Crippen LogP contribution in [0, 0.1) is 5.21 Å². The van der Waals surface area contributed by atoms with Crippen molar-refractivity contribution in [1.82, 2.24) is 9.55 Å². The zero-order chi connectivity index (χ0) is 22.9. The van der Waals surface area contributed by atoms with Crippen LogP contribution in [0.4, 0.5) is 0 Å². The fourth-order valence-electron chi connectivity index (χ4n) is 3.63. The highest BCUT2D eigenvalue weighted by atomic mass is 16.5. The first-order chi connectivity index (χ1) is 15.2. The molecule has 4 rings (SSSR count). The van der Waals surface area contributed by atoms with Crippen molar-refractivity contribution < 1.29 is 24.1 Å². The van der Waals surface area contributed by atoms with E-state index in [4.69, 9.17) is 9.47 Å². The van der Waals surface area contributed by atoms with Gasteiger partial charge in [-0.2, -0.15) is 4.73 Å². The second kappa shape index (κ2) is 8.47. The Hall–Kier alpha value is -3.65. The van der Waals surface area contributed by atoms with Crippen molar-refractivity contribution in [2.75, 3.05) is 0 Å². The van der Waals surface area contributed by atoms with Gasteiger partial charge in [-0.1, -0.05) is 30.3 Å². The Morgan fingerprint density at radius 3 is 2.62 bits per heavy atom. The molecule has 0 saturated carbocycles. The highest BCUT2D eigenvalue weighted by Crippen LogP contribution is 2.28. The molecule has 0 aliphatic rings. The quantitative estimate of drug-likeness (QED) is 0.272. The average Bonchev–Trinajstić information content (AvgIpc) is 3.07. The number of carbonyl (C=O) groups is 1. The number of nitrogens with zero attached hydrogens (tertiary/aromatic N) is 3. The average molecular weight is 435 g/mol. The molecular formula is C24H25N3O5. The number of rotatable bonds is 7. The van der Waals surface area contributed by atoms with Crippen LogP contribution in [0.25, 0.3) is 21.9 Å². The van der Waals surface area contributed by atoms with Crippen LogP contribution in [0.5, 0.6) is 5.75 Å². The van der Waals surface area contributed by atoms with Gasteiger partial charge in [0.05, 0.1) is 29.1 Å². The minimum Gasteiger partial charge on any atom is -0.618 e. The summed E-state index contributed by atoms with van der Waals surface area (Å²) < 4.78 is 13.6. The zero-order valence-corrected chi connectivity index (χ0v) is 18.2. The number of carbonyl (C=O) groups excluding carboxylic acids is 1. The predicted octanol–water partition coefficient (Wildman–Crippen LogP) is 3.24. The molecule has 0 saturated heterocycles. The number of aliphatic hydroxyl groups is 1. The van der Waals surface area contributed by atoms with E-state index in [9.17, 15) is 15.1 Å². The van der Waals surface area contributed by atoms with Crippen LogP contribution in [0.15, 0.2) is 54.7 Å². The Morgan fingerprint density at radius 2 is 1.94 bits per heavy atom. The molecule has 2 aromatic heterocycles. The fourth-order valence-corrected chi connectivity index (χ4v) is 3.63. The largest absolute Gasteiger partial charge is 0.618 e. The van der Waals surface area contributed by atoms with E-state index in [0.29, 0.717) is 40.1 Å². The number of pyridine rings is 1. The lowest BCUT2D eigenvalue weighted by Gasteiger charge is -2.20. The maximum absolute atomic E-state index is 12.8. The zero-order valence-electron chi connectivity index (χ0n) is 18.2. The molecule has 0 radical (unpaired) electrons. The number of benzene rings is 2. The molecule has 0 fully saturated rings. The van der Waals surface area contributed by atoms with Crippen LogP contribution in [-0.2, 0) is 29.3 Å². The second-order valence-electron chi connectivity index (χ2n) is 8.35. The van der Waals surface area contributed by atoms with Gasteiger partial charge < -0.3 is 24.4 Å². The maximum atomic E-state index is 12.8. The summed E-state index contributed by atoms with van der Waals surface area (Å²) in [7, 11) is 0. The Kier molecular flexibility index (Phi) is 5.71. The number of esters is 1. The van der Waals surface area contributed by atoms with Crippen molar-refractivity contribution in [3.05, 3.63) is 71.3 Å². The summed E-state index contributed by atoms with van der Waals surface area (Å²) in [5.41, 5.74) is 1.53. The van der Waals surface area contributed by atoms with Crippen LogP contribution in [0.2, 0.25) is 0 Å². The van der Waals surface area contributed by atoms with Crippen molar-refractivity contribution in [3.63, 3.8) is 0 Å². The van der Waals surface area contributed by atoms with Gasteiger partial charge >= 0.3 is 5.97 Å². The molecule has 0 amide bonds. The Bertz CT molecular complexity index is 1280. The Morgan fingerprint density at radius 1 is 1.19 bits per heavy atom. The molecule has 8 nitrogen and oxygen atoms in total. The summed E-state index contributed by atoms with van der Waals surface area (Å²) in [6.45, 7) is 5.23. The standard InChI is InChI=1S/C24H25N3O5/c1-16(28)31-14-22-25-20-12-27(30)21-11-18(32-13-17-7-5-4-6-8-17)9-10-19(21)23(20)26(22)15-24(2,3)29/h4-12,29H,13-15H2,1-3H3. The molecule has 0 unspecified atom stereocenters. The van der Waals surface area contributed by atoms with E-state index in [1.165, 1.54) is 13.1 Å². The molecule has 8 heteroatoms. The lowest BCUT2D eigenvalue weighted by molar-refractivity contribution is -0.575. The predicted molar refractivity (Wildman–Crippen MR) is 119 cm³/mol. The van der Waals surface area contributed by atoms with Gasteiger partial charge in [0.25, 0.3) is 0 Å². The van der Waals surface area contributed by atoms with Gasteiger partial charge in [0.15, 0.2) is 5.52 Å². The van der Waals surface area contributed by atoms with Crippen LogP contribution in [-0.4, -0.2) is 26.2 Å². The molecule has 0 spiro atoms. The van der Waals surface area contributed by atoms with E-state index in [2.05, 4.69) is 4.98 Å². The summed E-state index contributed by atoms with van der Waals surface area (Å²) in [6, 6.07) is 15.1. The molecule has 0 atom stereocenters. The lowest BCUT2D eigenvalue weighted by atomic mass is 10.1.